The molecule has 3 aromatic rings. The highest BCUT2D eigenvalue weighted by atomic mass is 127. The van der Waals surface area contributed by atoms with Crippen LogP contribution in [-0.4, -0.2) is 4.57 Å². The smallest absolute Gasteiger partial charge is 0.251 e. The number of nitrogens with two attached hydrogens (primary N) is 1. The molecule has 0 radical (unpaired) electrons. The van der Waals surface area contributed by atoms with Gasteiger partial charge < -0.3 is 15.0 Å². The molecule has 0 atom stereocenters. The summed E-state index contributed by atoms with van der Waals surface area (Å²) in [5.41, 5.74) is 7.68. The van der Waals surface area contributed by atoms with Crippen molar-refractivity contribution < 1.29 is 4.74 Å². The van der Waals surface area contributed by atoms with Crippen LogP contribution in [0.2, 0.25) is 10.0 Å². The van der Waals surface area contributed by atoms with Crippen LogP contribution in [0.1, 0.15) is 0 Å². The van der Waals surface area contributed by atoms with Crippen LogP contribution in [-0.2, 0) is 7.05 Å². The van der Waals surface area contributed by atoms with Crippen LogP contribution in [0.3, 0.4) is 0 Å². The van der Waals surface area contributed by atoms with Crippen LogP contribution in [0.25, 0.3) is 11.1 Å². The van der Waals surface area contributed by atoms with Crippen molar-refractivity contribution in [3.8, 4) is 22.6 Å². The number of benzene rings is 2. The Balaban J connectivity index is 2.13. The van der Waals surface area contributed by atoms with Crippen molar-refractivity contribution in [1.82, 2.24) is 4.57 Å². The maximum Gasteiger partial charge on any atom is 0.251 e. The molecule has 0 fully saturated rings. The molecule has 0 saturated carbocycles. The van der Waals surface area contributed by atoms with E-state index in [-0.39, 0.29) is 5.56 Å². The Morgan fingerprint density at radius 3 is 2.48 bits per heavy atom. The lowest BCUT2D eigenvalue weighted by Gasteiger charge is -2.15. The molecule has 0 unspecified atom stereocenters. The summed E-state index contributed by atoms with van der Waals surface area (Å²) < 4.78 is 8.40. The first kappa shape index (κ1) is 18.1. The van der Waals surface area contributed by atoms with Gasteiger partial charge >= 0.3 is 0 Å². The standard InChI is InChI=1S/C18H13Cl2IN2O2/c1-23-9-13(14(20)8-18(23)24)12-7-11(22)3-5-16(12)25-17-4-2-10(19)6-15(17)21/h2-9H,22H2,1H3. The van der Waals surface area contributed by atoms with E-state index in [0.717, 1.165) is 3.57 Å². The molecule has 0 aliphatic rings. The minimum absolute atomic E-state index is 0.188. The lowest BCUT2D eigenvalue weighted by Crippen LogP contribution is -2.14. The molecule has 1 aromatic heterocycles. The molecule has 0 aliphatic heterocycles. The third-order valence-electron chi connectivity index (χ3n) is 3.59. The van der Waals surface area contributed by atoms with Crippen LogP contribution >= 0.6 is 45.8 Å². The molecule has 4 nitrogen and oxygen atoms in total. The van der Waals surface area contributed by atoms with E-state index in [0.29, 0.717) is 38.4 Å². The number of ether oxygens (including phenoxy) is 1. The zero-order valence-corrected chi connectivity index (χ0v) is 16.8. The molecular weight excluding hydrogens is 474 g/mol. The summed E-state index contributed by atoms with van der Waals surface area (Å²) in [6.07, 6.45) is 1.67. The molecule has 0 aliphatic carbocycles. The summed E-state index contributed by atoms with van der Waals surface area (Å²) in [4.78, 5) is 11.8. The second kappa shape index (κ2) is 7.27. The summed E-state index contributed by atoms with van der Waals surface area (Å²) in [6.45, 7) is 0. The number of aromatic nitrogens is 1. The van der Waals surface area contributed by atoms with Gasteiger partial charge in [0.15, 0.2) is 0 Å². The van der Waals surface area contributed by atoms with Crippen LogP contribution in [0.4, 0.5) is 5.69 Å². The predicted molar refractivity (Wildman–Crippen MR) is 111 cm³/mol. The van der Waals surface area contributed by atoms with Crippen LogP contribution in [0.5, 0.6) is 11.5 Å². The van der Waals surface area contributed by atoms with Crippen molar-refractivity contribution in [3.63, 3.8) is 0 Å². The Kier molecular flexibility index (Phi) is 5.27. The molecule has 0 saturated heterocycles. The molecule has 25 heavy (non-hydrogen) atoms. The molecule has 128 valence electrons. The molecule has 2 aromatic carbocycles. The summed E-state index contributed by atoms with van der Waals surface area (Å²) in [5.74, 6) is 1.24. The number of nitrogens with zero attached hydrogens (tertiary/aromatic N) is 1. The third-order valence-corrected chi connectivity index (χ3v) is 4.98. The largest absolute Gasteiger partial charge is 0.456 e. The van der Waals surface area contributed by atoms with E-state index in [9.17, 15) is 4.79 Å². The number of hydrogen-bond acceptors (Lipinski definition) is 3. The van der Waals surface area contributed by atoms with Crippen molar-refractivity contribution in [1.29, 1.82) is 0 Å². The fraction of sp³-hybridized carbons (Fsp3) is 0.0556. The molecular formula is C18H13Cl2IN2O2. The molecule has 3 rings (SSSR count). The molecule has 0 amide bonds. The third kappa shape index (κ3) is 3.94. The van der Waals surface area contributed by atoms with Crippen molar-refractivity contribution in [2.24, 2.45) is 7.05 Å². The number of rotatable bonds is 3. The molecule has 1 heterocycles. The molecule has 0 spiro atoms. The maximum absolute atomic E-state index is 11.8. The first-order chi connectivity index (χ1) is 11.8. The highest BCUT2D eigenvalue weighted by Gasteiger charge is 2.14. The lowest BCUT2D eigenvalue weighted by atomic mass is 10.1. The van der Waals surface area contributed by atoms with Crippen LogP contribution < -0.4 is 16.0 Å². The number of pyridine rings is 1. The van der Waals surface area contributed by atoms with Crippen molar-refractivity contribution in [2.45, 2.75) is 0 Å². The van der Waals surface area contributed by atoms with E-state index < -0.39 is 0 Å². The second-order valence-electron chi connectivity index (χ2n) is 5.42. The minimum Gasteiger partial charge on any atom is -0.456 e. The Morgan fingerprint density at radius 2 is 1.76 bits per heavy atom. The van der Waals surface area contributed by atoms with Gasteiger partial charge in [0.1, 0.15) is 11.5 Å². The first-order valence-electron chi connectivity index (χ1n) is 7.24. The number of hydrogen-bond donors (Lipinski definition) is 1. The fourth-order valence-corrected chi connectivity index (χ4v) is 3.55. The van der Waals surface area contributed by atoms with Gasteiger partial charge in [0.25, 0.3) is 5.56 Å². The number of halogens is 3. The van der Waals surface area contributed by atoms with Gasteiger partial charge in [-0.25, -0.2) is 0 Å². The van der Waals surface area contributed by atoms with Gasteiger partial charge in [0, 0.05) is 41.1 Å². The fourth-order valence-electron chi connectivity index (χ4n) is 2.33. The van der Waals surface area contributed by atoms with E-state index in [1.165, 1.54) is 10.6 Å². The summed E-state index contributed by atoms with van der Waals surface area (Å²) >= 11 is 14.4. The van der Waals surface area contributed by atoms with Crippen LogP contribution in [0.15, 0.2) is 53.5 Å². The monoisotopic (exact) mass is 486 g/mol. The quantitative estimate of drug-likeness (QED) is 0.401. The van der Waals surface area contributed by atoms with Gasteiger partial charge in [-0.3, -0.25) is 4.79 Å². The second-order valence-corrected chi connectivity index (χ2v) is 7.42. The Labute approximate surface area is 168 Å². The van der Waals surface area contributed by atoms with Crippen LogP contribution in [0, 0.1) is 3.57 Å². The first-order valence-corrected chi connectivity index (χ1v) is 9.07. The van der Waals surface area contributed by atoms with E-state index >= 15 is 0 Å². The zero-order valence-electron chi connectivity index (χ0n) is 13.1. The number of aryl methyl sites for hydroxylation is 1. The summed E-state index contributed by atoms with van der Waals surface area (Å²) in [7, 11) is 1.66. The number of nitrogen functional groups attached to an aromatic ring is 1. The highest BCUT2D eigenvalue weighted by Crippen LogP contribution is 2.39. The minimum atomic E-state index is -0.188. The molecule has 7 heteroatoms. The lowest BCUT2D eigenvalue weighted by molar-refractivity contribution is 0.481. The van der Waals surface area contributed by atoms with Gasteiger partial charge in [-0.15, -0.1) is 0 Å². The average molecular weight is 487 g/mol. The Hall–Kier alpha value is -1.70. The van der Waals surface area contributed by atoms with E-state index in [1.54, 1.807) is 43.6 Å². The van der Waals surface area contributed by atoms with Gasteiger partial charge in [-0.1, -0.05) is 23.2 Å². The molecule has 2 N–H and O–H groups in total. The van der Waals surface area contributed by atoms with Crippen molar-refractivity contribution in [3.05, 3.63) is 72.6 Å². The van der Waals surface area contributed by atoms with Gasteiger partial charge in [-0.05, 0) is 59.0 Å². The van der Waals surface area contributed by atoms with E-state index in [1.807, 2.05) is 6.07 Å². The van der Waals surface area contributed by atoms with E-state index in [2.05, 4.69) is 22.6 Å². The summed E-state index contributed by atoms with van der Waals surface area (Å²) in [5, 5.41) is 0.972. The Bertz CT molecular complexity index is 1020. The number of anilines is 1. The average Bonchev–Trinajstić information content (AvgIpc) is 2.55. The SMILES string of the molecule is Cn1cc(-c2cc(N)ccc2Oc2ccc(Cl)cc2I)c(Cl)cc1=O. The highest BCUT2D eigenvalue weighted by molar-refractivity contribution is 14.1. The zero-order chi connectivity index (χ0) is 18.1. The topological polar surface area (TPSA) is 57.2 Å². The molecule has 0 bridgehead atoms. The van der Waals surface area contributed by atoms with Crippen molar-refractivity contribution >= 4 is 51.5 Å². The predicted octanol–water partition coefficient (Wildman–Crippen LogP) is 5.34. The Morgan fingerprint density at radius 1 is 1.04 bits per heavy atom. The van der Waals surface area contributed by atoms with Gasteiger partial charge in [0.05, 0.1) is 8.59 Å². The van der Waals surface area contributed by atoms with Gasteiger partial charge in [-0.2, -0.15) is 0 Å². The summed E-state index contributed by atoms with van der Waals surface area (Å²) in [6, 6.07) is 12.0. The maximum atomic E-state index is 11.8. The van der Waals surface area contributed by atoms with E-state index in [4.69, 9.17) is 33.7 Å². The van der Waals surface area contributed by atoms with Gasteiger partial charge in [0.2, 0.25) is 0 Å². The van der Waals surface area contributed by atoms with Crippen molar-refractivity contribution in [2.75, 3.05) is 5.73 Å². The normalized spacial score (nSPS) is 10.7.